The van der Waals surface area contributed by atoms with Crippen molar-refractivity contribution in [2.45, 2.75) is 51.5 Å². The van der Waals surface area contributed by atoms with Gasteiger partial charge in [0, 0.05) is 57.9 Å². The quantitative estimate of drug-likeness (QED) is 0.855. The minimum atomic E-state index is -0.00354. The molecule has 4 rings (SSSR count). The molecule has 3 aliphatic rings. The molecule has 3 amide bonds. The van der Waals surface area contributed by atoms with Crippen molar-refractivity contribution in [3.05, 3.63) is 11.7 Å². The molecule has 0 bridgehead atoms. The fraction of sp³-hybridized carbons (Fsp3) is 0.778. The Labute approximate surface area is 153 Å². The average Bonchev–Trinajstić information content (AvgIpc) is 3.29. The maximum atomic E-state index is 12.4. The van der Waals surface area contributed by atoms with E-state index in [0.717, 1.165) is 57.6 Å². The number of urea groups is 1. The van der Waals surface area contributed by atoms with Gasteiger partial charge in [-0.3, -0.25) is 4.79 Å². The van der Waals surface area contributed by atoms with Crippen LogP contribution in [0.15, 0.2) is 4.52 Å². The Bertz CT molecular complexity index is 664. The maximum absolute atomic E-state index is 12.4. The predicted molar refractivity (Wildman–Crippen MR) is 93.3 cm³/mol. The van der Waals surface area contributed by atoms with E-state index in [0.29, 0.717) is 30.8 Å². The Morgan fingerprint density at radius 3 is 2.65 bits per heavy atom. The SMILES string of the molecule is Cc1nc(CC2CCN(C(=O)NC[C@@H]3CC(=O)N(C4CC4)C3)CC2)no1. The van der Waals surface area contributed by atoms with Gasteiger partial charge in [0.15, 0.2) is 5.82 Å². The van der Waals surface area contributed by atoms with Crippen LogP contribution >= 0.6 is 0 Å². The summed E-state index contributed by atoms with van der Waals surface area (Å²) in [5, 5.41) is 6.99. The summed E-state index contributed by atoms with van der Waals surface area (Å²) in [5.74, 6) is 2.37. The molecule has 1 aromatic heterocycles. The molecular weight excluding hydrogens is 334 g/mol. The Balaban J connectivity index is 1.17. The van der Waals surface area contributed by atoms with Gasteiger partial charge in [-0.15, -0.1) is 0 Å². The third-order valence-electron chi connectivity index (χ3n) is 5.71. The third-order valence-corrected chi connectivity index (χ3v) is 5.71. The molecule has 3 heterocycles. The van der Waals surface area contributed by atoms with Gasteiger partial charge in [0.2, 0.25) is 11.8 Å². The number of piperidine rings is 1. The van der Waals surface area contributed by atoms with Crippen molar-refractivity contribution in [3.63, 3.8) is 0 Å². The van der Waals surface area contributed by atoms with Gasteiger partial charge in [0.1, 0.15) is 0 Å². The van der Waals surface area contributed by atoms with E-state index in [4.69, 9.17) is 4.52 Å². The molecule has 0 unspecified atom stereocenters. The first-order chi connectivity index (χ1) is 12.6. The molecule has 1 aliphatic carbocycles. The van der Waals surface area contributed by atoms with Crippen molar-refractivity contribution in [1.82, 2.24) is 25.3 Å². The van der Waals surface area contributed by atoms with E-state index in [2.05, 4.69) is 15.5 Å². The number of hydrogen-bond donors (Lipinski definition) is 1. The molecule has 1 atom stereocenters. The van der Waals surface area contributed by atoms with Crippen molar-refractivity contribution in [1.29, 1.82) is 0 Å². The summed E-state index contributed by atoms with van der Waals surface area (Å²) in [4.78, 5) is 32.5. The van der Waals surface area contributed by atoms with Crippen LogP contribution in [0.2, 0.25) is 0 Å². The van der Waals surface area contributed by atoms with Gasteiger partial charge in [-0.1, -0.05) is 5.16 Å². The van der Waals surface area contributed by atoms with Gasteiger partial charge in [0.05, 0.1) is 0 Å². The second kappa shape index (κ2) is 7.25. The normalized spacial score (nSPS) is 24.3. The van der Waals surface area contributed by atoms with Gasteiger partial charge in [-0.05, 0) is 31.6 Å². The molecule has 26 heavy (non-hydrogen) atoms. The highest BCUT2D eigenvalue weighted by molar-refractivity contribution is 5.79. The van der Waals surface area contributed by atoms with Crippen molar-refractivity contribution in [2.75, 3.05) is 26.2 Å². The van der Waals surface area contributed by atoms with Crippen molar-refractivity contribution < 1.29 is 14.1 Å². The largest absolute Gasteiger partial charge is 0.340 e. The van der Waals surface area contributed by atoms with Crippen LogP contribution in [0, 0.1) is 18.8 Å². The highest BCUT2D eigenvalue weighted by atomic mass is 16.5. The summed E-state index contributed by atoms with van der Waals surface area (Å²) in [6.07, 6.45) is 5.58. The Morgan fingerprint density at radius 2 is 2.00 bits per heavy atom. The smallest absolute Gasteiger partial charge is 0.317 e. The van der Waals surface area contributed by atoms with Gasteiger partial charge >= 0.3 is 6.03 Å². The first-order valence-corrected chi connectivity index (χ1v) is 9.70. The molecule has 1 N–H and O–H groups in total. The highest BCUT2D eigenvalue weighted by Crippen LogP contribution is 2.32. The molecule has 142 valence electrons. The lowest BCUT2D eigenvalue weighted by Gasteiger charge is -2.31. The first kappa shape index (κ1) is 17.3. The van der Waals surface area contributed by atoms with Crippen LogP contribution in [-0.4, -0.2) is 64.1 Å². The monoisotopic (exact) mass is 361 g/mol. The van der Waals surface area contributed by atoms with Crippen LogP contribution in [0.3, 0.4) is 0 Å². The summed E-state index contributed by atoms with van der Waals surface area (Å²) in [7, 11) is 0. The van der Waals surface area contributed by atoms with Crippen LogP contribution in [0.5, 0.6) is 0 Å². The minimum absolute atomic E-state index is 0.00354. The van der Waals surface area contributed by atoms with E-state index in [9.17, 15) is 9.59 Å². The summed E-state index contributed by atoms with van der Waals surface area (Å²) in [6.45, 7) is 4.70. The number of aryl methyl sites for hydroxylation is 1. The van der Waals surface area contributed by atoms with Crippen LogP contribution < -0.4 is 5.32 Å². The molecule has 3 fully saturated rings. The lowest BCUT2D eigenvalue weighted by molar-refractivity contribution is -0.128. The molecule has 8 heteroatoms. The van der Waals surface area contributed by atoms with Gasteiger partial charge in [0.25, 0.3) is 0 Å². The number of nitrogens with one attached hydrogen (secondary N) is 1. The molecule has 1 aromatic rings. The van der Waals surface area contributed by atoms with Crippen LogP contribution in [0.1, 0.15) is 43.8 Å². The molecule has 0 radical (unpaired) electrons. The van der Waals surface area contributed by atoms with E-state index < -0.39 is 0 Å². The highest BCUT2D eigenvalue weighted by Gasteiger charge is 2.39. The second-order valence-corrected chi connectivity index (χ2v) is 7.90. The summed E-state index contributed by atoms with van der Waals surface area (Å²) < 4.78 is 5.02. The Hall–Kier alpha value is -2.12. The molecule has 2 aliphatic heterocycles. The van der Waals surface area contributed by atoms with E-state index >= 15 is 0 Å². The van der Waals surface area contributed by atoms with Crippen LogP contribution in [-0.2, 0) is 11.2 Å². The van der Waals surface area contributed by atoms with Gasteiger partial charge in [-0.2, -0.15) is 4.98 Å². The number of hydrogen-bond acceptors (Lipinski definition) is 5. The molecule has 8 nitrogen and oxygen atoms in total. The molecular formula is C18H27N5O3. The van der Waals surface area contributed by atoms with Crippen LogP contribution in [0.25, 0.3) is 0 Å². The number of rotatable bonds is 5. The lowest BCUT2D eigenvalue weighted by atomic mass is 9.93. The van der Waals surface area contributed by atoms with Crippen molar-refractivity contribution in [2.24, 2.45) is 11.8 Å². The third kappa shape index (κ3) is 3.99. The van der Waals surface area contributed by atoms with E-state index in [1.54, 1.807) is 6.92 Å². The topological polar surface area (TPSA) is 91.6 Å². The fourth-order valence-corrected chi connectivity index (χ4v) is 4.05. The zero-order valence-corrected chi connectivity index (χ0v) is 15.3. The molecule has 0 aromatic carbocycles. The molecule has 1 saturated carbocycles. The zero-order chi connectivity index (χ0) is 18.1. The van der Waals surface area contributed by atoms with Gasteiger partial charge < -0.3 is 19.6 Å². The zero-order valence-electron chi connectivity index (χ0n) is 15.3. The number of nitrogens with zero attached hydrogens (tertiary/aromatic N) is 4. The first-order valence-electron chi connectivity index (χ1n) is 9.70. The van der Waals surface area contributed by atoms with Crippen LogP contribution in [0.4, 0.5) is 4.79 Å². The number of aromatic nitrogens is 2. The van der Waals surface area contributed by atoms with Crippen molar-refractivity contribution in [3.8, 4) is 0 Å². The van der Waals surface area contributed by atoms with Crippen molar-refractivity contribution >= 4 is 11.9 Å². The van der Waals surface area contributed by atoms with E-state index in [-0.39, 0.29) is 17.9 Å². The van der Waals surface area contributed by atoms with Gasteiger partial charge in [-0.25, -0.2) is 4.79 Å². The second-order valence-electron chi connectivity index (χ2n) is 7.90. The standard InChI is InChI=1S/C18H27N5O3/c1-12-20-16(21-26-12)8-13-4-6-22(7-5-13)18(25)19-10-14-9-17(24)23(11-14)15-2-3-15/h13-15H,2-11H2,1H3,(H,19,25)/t14-/m0/s1. The lowest BCUT2D eigenvalue weighted by Crippen LogP contribution is -2.46. The fourth-order valence-electron chi connectivity index (χ4n) is 4.05. The molecule has 2 saturated heterocycles. The number of carbonyl (C=O) groups is 2. The van der Waals surface area contributed by atoms with E-state index in [1.807, 2.05) is 9.80 Å². The summed E-state index contributed by atoms with van der Waals surface area (Å²) in [6, 6.07) is 0.474. The molecule has 0 spiro atoms. The minimum Gasteiger partial charge on any atom is -0.340 e. The predicted octanol–water partition coefficient (Wildman–Crippen LogP) is 1.35. The number of carbonyl (C=O) groups excluding carboxylic acids is 2. The number of amides is 3. The maximum Gasteiger partial charge on any atom is 0.317 e. The summed E-state index contributed by atoms with van der Waals surface area (Å²) >= 11 is 0. The average molecular weight is 361 g/mol. The number of likely N-dealkylation sites (tertiary alicyclic amines) is 2. The Kier molecular flexibility index (Phi) is 4.82. The summed E-state index contributed by atoms with van der Waals surface area (Å²) in [5.41, 5.74) is 0. The Morgan fingerprint density at radius 1 is 1.23 bits per heavy atom. The van der Waals surface area contributed by atoms with E-state index in [1.165, 1.54) is 0 Å².